The van der Waals surface area contributed by atoms with Crippen LogP contribution in [0.2, 0.25) is 0 Å². The van der Waals surface area contributed by atoms with Crippen LogP contribution in [-0.4, -0.2) is 35.9 Å². The molecule has 0 radical (unpaired) electrons. The lowest BCUT2D eigenvalue weighted by Gasteiger charge is -2.08. The fraction of sp³-hybridized carbons (Fsp3) is 0.278. The number of aromatic nitrogens is 1. The molecule has 0 saturated carbocycles. The zero-order chi connectivity index (χ0) is 19.4. The minimum Gasteiger partial charge on any atom is -0.462 e. The highest BCUT2D eigenvalue weighted by atomic mass is 19.1. The summed E-state index contributed by atoms with van der Waals surface area (Å²) < 4.78 is 36.8. The lowest BCUT2D eigenvalue weighted by Crippen LogP contribution is -2.19. The van der Waals surface area contributed by atoms with Gasteiger partial charge in [0.15, 0.2) is 6.61 Å². The van der Waals surface area contributed by atoms with E-state index in [2.05, 4.69) is 4.98 Å². The molecule has 0 spiro atoms. The van der Waals surface area contributed by atoms with Crippen molar-refractivity contribution in [2.45, 2.75) is 20.8 Å². The third kappa shape index (κ3) is 3.79. The Morgan fingerprint density at radius 3 is 2.04 bits per heavy atom. The second kappa shape index (κ2) is 7.90. The van der Waals surface area contributed by atoms with Gasteiger partial charge < -0.3 is 14.5 Å². The third-order valence-electron chi connectivity index (χ3n) is 3.63. The van der Waals surface area contributed by atoms with Crippen LogP contribution in [-0.2, 0) is 9.47 Å². The average molecular weight is 365 g/mol. The Hall–Kier alpha value is -3.03. The van der Waals surface area contributed by atoms with Crippen molar-refractivity contribution in [3.63, 3.8) is 0 Å². The van der Waals surface area contributed by atoms with Gasteiger partial charge in [-0.2, -0.15) is 0 Å². The van der Waals surface area contributed by atoms with Crippen LogP contribution in [0.1, 0.15) is 49.4 Å². The highest BCUT2D eigenvalue weighted by molar-refractivity contribution is 6.09. The van der Waals surface area contributed by atoms with Crippen LogP contribution < -0.4 is 0 Å². The van der Waals surface area contributed by atoms with Gasteiger partial charge in [-0.15, -0.1) is 0 Å². The quantitative estimate of drug-likeness (QED) is 0.628. The van der Waals surface area contributed by atoms with Gasteiger partial charge in [-0.05, 0) is 32.9 Å². The number of benzene rings is 1. The summed E-state index contributed by atoms with van der Waals surface area (Å²) in [5, 5.41) is 0. The number of hydrogen-bond donors (Lipinski definition) is 1. The number of ketones is 1. The van der Waals surface area contributed by atoms with Crippen LogP contribution in [0.5, 0.6) is 0 Å². The SMILES string of the molecule is CCOC(=O)c1c(C)[nH]c(C)c1C(=O)COC(=O)c1c(F)cccc1F. The summed E-state index contributed by atoms with van der Waals surface area (Å²) in [6.45, 7) is 4.13. The van der Waals surface area contributed by atoms with E-state index in [0.29, 0.717) is 11.4 Å². The normalized spacial score (nSPS) is 10.5. The molecule has 6 nitrogen and oxygen atoms in total. The van der Waals surface area contributed by atoms with Crippen molar-refractivity contribution in [3.05, 3.63) is 57.9 Å². The molecular formula is C18H17F2NO5. The maximum atomic E-state index is 13.6. The third-order valence-corrected chi connectivity index (χ3v) is 3.63. The number of carbonyl (C=O) groups excluding carboxylic acids is 3. The highest BCUT2D eigenvalue weighted by Crippen LogP contribution is 2.21. The Morgan fingerprint density at radius 1 is 0.923 bits per heavy atom. The molecule has 0 aliphatic heterocycles. The monoisotopic (exact) mass is 365 g/mol. The molecule has 0 fully saturated rings. The summed E-state index contributed by atoms with van der Waals surface area (Å²) in [5.41, 5.74) is -0.00226. The number of aryl methyl sites for hydroxylation is 2. The summed E-state index contributed by atoms with van der Waals surface area (Å²) in [7, 11) is 0. The maximum Gasteiger partial charge on any atom is 0.344 e. The van der Waals surface area contributed by atoms with Gasteiger partial charge >= 0.3 is 11.9 Å². The van der Waals surface area contributed by atoms with Crippen LogP contribution in [0.4, 0.5) is 8.78 Å². The number of Topliss-reactive ketones (excluding diaryl/α,β-unsaturated/α-hetero) is 1. The van der Waals surface area contributed by atoms with Crippen molar-refractivity contribution in [1.82, 2.24) is 4.98 Å². The average Bonchev–Trinajstić information content (AvgIpc) is 2.87. The number of carbonyl (C=O) groups is 3. The summed E-state index contributed by atoms with van der Waals surface area (Å²) in [4.78, 5) is 39.2. The second-order valence-corrected chi connectivity index (χ2v) is 5.44. The first-order valence-corrected chi connectivity index (χ1v) is 7.78. The first kappa shape index (κ1) is 19.3. The Balaban J connectivity index is 2.21. The molecule has 1 heterocycles. The molecule has 0 amide bonds. The molecule has 0 atom stereocenters. The van der Waals surface area contributed by atoms with E-state index in [1.165, 1.54) is 0 Å². The number of rotatable bonds is 6. The largest absolute Gasteiger partial charge is 0.462 e. The first-order chi connectivity index (χ1) is 12.3. The minimum atomic E-state index is -1.31. The van der Waals surface area contributed by atoms with E-state index < -0.39 is 41.5 Å². The van der Waals surface area contributed by atoms with Crippen LogP contribution in [0.15, 0.2) is 18.2 Å². The van der Waals surface area contributed by atoms with E-state index in [0.717, 1.165) is 18.2 Å². The topological polar surface area (TPSA) is 85.5 Å². The van der Waals surface area contributed by atoms with Crippen molar-refractivity contribution in [2.75, 3.05) is 13.2 Å². The van der Waals surface area contributed by atoms with Gasteiger partial charge in [0.1, 0.15) is 17.2 Å². The zero-order valence-corrected chi connectivity index (χ0v) is 14.4. The lowest BCUT2D eigenvalue weighted by atomic mass is 10.1. The number of halogens is 2. The molecule has 0 bridgehead atoms. The number of esters is 2. The molecule has 2 rings (SSSR count). The molecule has 0 saturated heterocycles. The maximum absolute atomic E-state index is 13.6. The fourth-order valence-electron chi connectivity index (χ4n) is 2.56. The Morgan fingerprint density at radius 2 is 1.46 bits per heavy atom. The number of nitrogens with one attached hydrogen (secondary N) is 1. The van der Waals surface area contributed by atoms with E-state index in [1.54, 1.807) is 20.8 Å². The van der Waals surface area contributed by atoms with E-state index in [-0.39, 0.29) is 17.7 Å². The van der Waals surface area contributed by atoms with Gasteiger partial charge in [-0.3, -0.25) is 4.79 Å². The number of H-pyrrole nitrogens is 1. The van der Waals surface area contributed by atoms with E-state index in [4.69, 9.17) is 9.47 Å². The molecule has 138 valence electrons. The van der Waals surface area contributed by atoms with Crippen molar-refractivity contribution in [1.29, 1.82) is 0 Å². The van der Waals surface area contributed by atoms with Crippen molar-refractivity contribution in [2.24, 2.45) is 0 Å². The predicted octanol–water partition coefficient (Wildman–Crippen LogP) is 3.13. The van der Waals surface area contributed by atoms with Crippen LogP contribution >= 0.6 is 0 Å². The first-order valence-electron chi connectivity index (χ1n) is 7.78. The van der Waals surface area contributed by atoms with Gasteiger partial charge in [0.2, 0.25) is 5.78 Å². The number of ether oxygens (including phenoxy) is 2. The van der Waals surface area contributed by atoms with Gasteiger partial charge in [-0.1, -0.05) is 6.07 Å². The van der Waals surface area contributed by atoms with Gasteiger partial charge in [0, 0.05) is 11.4 Å². The van der Waals surface area contributed by atoms with Gasteiger partial charge in [0.05, 0.1) is 17.7 Å². The van der Waals surface area contributed by atoms with Crippen LogP contribution in [0.25, 0.3) is 0 Å². The van der Waals surface area contributed by atoms with Crippen LogP contribution in [0, 0.1) is 25.5 Å². The molecule has 26 heavy (non-hydrogen) atoms. The predicted molar refractivity (Wildman–Crippen MR) is 87.2 cm³/mol. The van der Waals surface area contributed by atoms with Crippen molar-refractivity contribution >= 4 is 17.7 Å². The van der Waals surface area contributed by atoms with E-state index in [1.807, 2.05) is 0 Å². The van der Waals surface area contributed by atoms with Gasteiger partial charge in [-0.25, -0.2) is 18.4 Å². The molecule has 0 unspecified atom stereocenters. The molecule has 0 aliphatic rings. The molecule has 1 N–H and O–H groups in total. The molecule has 0 aliphatic carbocycles. The summed E-state index contributed by atoms with van der Waals surface area (Å²) in [6, 6.07) is 2.91. The zero-order valence-electron chi connectivity index (χ0n) is 14.4. The fourth-order valence-corrected chi connectivity index (χ4v) is 2.56. The summed E-state index contributed by atoms with van der Waals surface area (Å²) in [5.74, 6) is -4.88. The molecular weight excluding hydrogens is 348 g/mol. The lowest BCUT2D eigenvalue weighted by molar-refractivity contribution is 0.0463. The van der Waals surface area contributed by atoms with E-state index >= 15 is 0 Å². The van der Waals surface area contributed by atoms with Crippen molar-refractivity contribution < 1.29 is 32.6 Å². The Labute approximate surface area is 148 Å². The smallest absolute Gasteiger partial charge is 0.344 e. The Bertz CT molecular complexity index is 852. The second-order valence-electron chi connectivity index (χ2n) is 5.44. The molecule has 2 aromatic rings. The standard InChI is InChI=1S/C18H17F2NO5/c1-4-25-17(23)15-10(3)21-9(2)14(15)13(22)8-26-18(24)16-11(19)6-5-7-12(16)20/h5-7,21H,4,8H2,1-3H3. The summed E-state index contributed by atoms with van der Waals surface area (Å²) in [6.07, 6.45) is 0. The number of hydrogen-bond acceptors (Lipinski definition) is 5. The number of aromatic amines is 1. The highest BCUT2D eigenvalue weighted by Gasteiger charge is 2.27. The molecule has 1 aromatic heterocycles. The summed E-state index contributed by atoms with van der Waals surface area (Å²) >= 11 is 0. The van der Waals surface area contributed by atoms with Gasteiger partial charge in [0.25, 0.3) is 0 Å². The van der Waals surface area contributed by atoms with Crippen molar-refractivity contribution in [3.8, 4) is 0 Å². The molecule has 8 heteroatoms. The van der Waals surface area contributed by atoms with Crippen LogP contribution in [0.3, 0.4) is 0 Å². The minimum absolute atomic E-state index is 0.0164. The molecule has 1 aromatic carbocycles. The van der Waals surface area contributed by atoms with E-state index in [9.17, 15) is 23.2 Å². The Kier molecular flexibility index (Phi) is 5.86.